The van der Waals surface area contributed by atoms with E-state index in [2.05, 4.69) is 4.98 Å². The lowest BCUT2D eigenvalue weighted by Gasteiger charge is -2.31. The first-order chi connectivity index (χ1) is 13.5. The number of nitrogens with zero attached hydrogens (tertiary/aromatic N) is 1. The number of hydrogen-bond acceptors (Lipinski definition) is 4. The van der Waals surface area contributed by atoms with Crippen LogP contribution in [-0.2, 0) is 6.42 Å². The van der Waals surface area contributed by atoms with Crippen molar-refractivity contribution in [1.82, 2.24) is 4.98 Å². The maximum absolute atomic E-state index is 13.5. The molecule has 0 aliphatic carbocycles. The Morgan fingerprint density at radius 2 is 1.86 bits per heavy atom. The summed E-state index contributed by atoms with van der Waals surface area (Å²) >= 11 is 0. The van der Waals surface area contributed by atoms with Crippen LogP contribution < -0.4 is 19.9 Å². The van der Waals surface area contributed by atoms with Crippen LogP contribution in [0.3, 0.4) is 0 Å². The molecular weight excluding hydrogens is 356 g/mol. The van der Waals surface area contributed by atoms with Crippen molar-refractivity contribution in [2.24, 2.45) is 0 Å². The van der Waals surface area contributed by atoms with E-state index < -0.39 is 0 Å². The Morgan fingerprint density at radius 3 is 2.57 bits per heavy atom. The number of carbonyl (C=O) groups is 1. The van der Waals surface area contributed by atoms with E-state index in [1.165, 1.54) is 0 Å². The van der Waals surface area contributed by atoms with Gasteiger partial charge in [-0.1, -0.05) is 18.2 Å². The van der Waals surface area contributed by atoms with Gasteiger partial charge >= 0.3 is 0 Å². The quantitative estimate of drug-likeness (QED) is 0.758. The fraction of sp³-hybridized carbons (Fsp3) is 0.273. The number of pyridine rings is 1. The lowest BCUT2D eigenvalue weighted by atomic mass is 9.98. The monoisotopic (exact) mass is 378 g/mol. The molecular formula is C22H22N2O4. The number of anilines is 1. The molecule has 1 aliphatic heterocycles. The topological polar surface area (TPSA) is 71.6 Å². The molecule has 0 saturated heterocycles. The predicted octanol–water partition coefficient (Wildman–Crippen LogP) is 3.45. The Hall–Kier alpha value is -3.28. The van der Waals surface area contributed by atoms with Gasteiger partial charge in [-0.2, -0.15) is 0 Å². The predicted molar refractivity (Wildman–Crippen MR) is 109 cm³/mol. The Kier molecular flexibility index (Phi) is 4.55. The minimum atomic E-state index is -0.259. The van der Waals surface area contributed by atoms with Crippen LogP contribution in [0.4, 0.5) is 5.69 Å². The van der Waals surface area contributed by atoms with Gasteiger partial charge in [0.15, 0.2) is 0 Å². The molecule has 0 bridgehead atoms. The molecule has 1 aliphatic rings. The summed E-state index contributed by atoms with van der Waals surface area (Å²) < 4.78 is 10.9. The summed E-state index contributed by atoms with van der Waals surface area (Å²) in [6.07, 6.45) is 1.64. The van der Waals surface area contributed by atoms with E-state index in [0.29, 0.717) is 29.1 Å². The van der Waals surface area contributed by atoms with E-state index in [1.54, 1.807) is 25.2 Å². The molecule has 0 fully saturated rings. The highest BCUT2D eigenvalue weighted by atomic mass is 16.5. The molecule has 1 aromatic heterocycles. The van der Waals surface area contributed by atoms with Crippen molar-refractivity contribution < 1.29 is 14.3 Å². The first kappa shape index (κ1) is 18.1. The van der Waals surface area contributed by atoms with E-state index >= 15 is 0 Å². The zero-order valence-corrected chi connectivity index (χ0v) is 16.2. The molecule has 6 nitrogen and oxygen atoms in total. The van der Waals surface area contributed by atoms with Crippen LogP contribution in [0.5, 0.6) is 11.5 Å². The number of hydrogen-bond donors (Lipinski definition) is 1. The molecule has 0 spiro atoms. The highest BCUT2D eigenvalue weighted by Crippen LogP contribution is 2.39. The molecule has 1 N–H and O–H groups in total. The maximum atomic E-state index is 13.5. The number of carbonyl (C=O) groups excluding carboxylic acids is 1. The van der Waals surface area contributed by atoms with Gasteiger partial charge in [0, 0.05) is 29.6 Å². The molecule has 4 rings (SSSR count). The molecule has 6 heteroatoms. The van der Waals surface area contributed by atoms with E-state index in [0.717, 1.165) is 35.0 Å². The molecule has 144 valence electrons. The number of aromatic amines is 1. The minimum Gasteiger partial charge on any atom is -0.497 e. The van der Waals surface area contributed by atoms with Gasteiger partial charge in [0.05, 0.1) is 19.9 Å². The molecule has 1 amide bonds. The highest BCUT2D eigenvalue weighted by Gasteiger charge is 2.28. The average molecular weight is 378 g/mol. The van der Waals surface area contributed by atoms with E-state index in [1.807, 2.05) is 37.3 Å². The molecule has 0 unspecified atom stereocenters. The van der Waals surface area contributed by atoms with Crippen LogP contribution in [0, 0.1) is 6.92 Å². The lowest BCUT2D eigenvalue weighted by Crippen LogP contribution is -2.37. The number of fused-ring (bicyclic) bond motifs is 2. The molecule has 2 aromatic carbocycles. The van der Waals surface area contributed by atoms with Crippen molar-refractivity contribution in [1.29, 1.82) is 0 Å². The average Bonchev–Trinajstić information content (AvgIpc) is 2.74. The third kappa shape index (κ3) is 2.81. The summed E-state index contributed by atoms with van der Waals surface area (Å²) in [5.74, 6) is 1.10. The van der Waals surface area contributed by atoms with Gasteiger partial charge in [0.25, 0.3) is 11.5 Å². The number of aromatic nitrogens is 1. The van der Waals surface area contributed by atoms with Gasteiger partial charge in [0.1, 0.15) is 17.2 Å². The summed E-state index contributed by atoms with van der Waals surface area (Å²) in [7, 11) is 3.20. The first-order valence-electron chi connectivity index (χ1n) is 9.23. The fourth-order valence-electron chi connectivity index (χ4n) is 3.91. The van der Waals surface area contributed by atoms with Crippen molar-refractivity contribution in [3.8, 4) is 11.5 Å². The smallest absolute Gasteiger partial charge is 0.275 e. The first-order valence-corrected chi connectivity index (χ1v) is 9.23. The van der Waals surface area contributed by atoms with Gasteiger partial charge in [-0.15, -0.1) is 0 Å². The second-order valence-corrected chi connectivity index (χ2v) is 6.89. The minimum absolute atomic E-state index is 0.225. The van der Waals surface area contributed by atoms with E-state index in [4.69, 9.17) is 9.47 Å². The van der Waals surface area contributed by atoms with Gasteiger partial charge in [-0.3, -0.25) is 9.59 Å². The number of methoxy groups -OCH3 is 2. The number of aryl methyl sites for hydroxylation is 1. The van der Waals surface area contributed by atoms with E-state index in [9.17, 15) is 9.59 Å². The lowest BCUT2D eigenvalue weighted by molar-refractivity contribution is 0.0979. The second kappa shape index (κ2) is 7.03. The third-order valence-electron chi connectivity index (χ3n) is 5.36. The summed E-state index contributed by atoms with van der Waals surface area (Å²) in [5.41, 5.74) is 2.56. The summed E-state index contributed by atoms with van der Waals surface area (Å²) in [4.78, 5) is 30.5. The van der Waals surface area contributed by atoms with Gasteiger partial charge in [-0.25, -0.2) is 0 Å². The number of benzene rings is 2. The molecule has 3 aromatic rings. The Labute approximate surface area is 162 Å². The van der Waals surface area contributed by atoms with Gasteiger partial charge < -0.3 is 19.4 Å². The SMILES string of the molecule is COc1cc(OC)c2c(c1)N(C(=O)c1[nH]c(=O)c3ccccc3c1C)CCC2. The van der Waals surface area contributed by atoms with Gasteiger partial charge in [0.2, 0.25) is 0 Å². The van der Waals surface area contributed by atoms with E-state index in [-0.39, 0.29) is 11.5 Å². The van der Waals surface area contributed by atoms with Gasteiger partial charge in [-0.05, 0) is 36.8 Å². The Bertz CT molecular complexity index is 1130. The number of nitrogens with one attached hydrogen (secondary N) is 1. The zero-order valence-electron chi connectivity index (χ0n) is 16.2. The van der Waals surface area contributed by atoms with Crippen molar-refractivity contribution in [3.05, 3.63) is 63.6 Å². The third-order valence-corrected chi connectivity index (χ3v) is 5.36. The van der Waals surface area contributed by atoms with Crippen molar-refractivity contribution in [2.75, 3.05) is 25.7 Å². The molecule has 28 heavy (non-hydrogen) atoms. The standard InChI is InChI=1S/C22H22N2O4/c1-13-15-7-4-5-8-16(15)21(25)23-20(13)22(26)24-10-6-9-17-18(24)11-14(27-2)12-19(17)28-3/h4-5,7-8,11-12H,6,9-10H2,1-3H3,(H,23,25). The number of rotatable bonds is 3. The van der Waals surface area contributed by atoms with Crippen LogP contribution in [0.25, 0.3) is 10.8 Å². The van der Waals surface area contributed by atoms with Crippen LogP contribution >= 0.6 is 0 Å². The Morgan fingerprint density at radius 1 is 1.11 bits per heavy atom. The maximum Gasteiger partial charge on any atom is 0.275 e. The van der Waals surface area contributed by atoms with Crippen LogP contribution in [-0.4, -0.2) is 31.7 Å². The van der Waals surface area contributed by atoms with Crippen molar-refractivity contribution >= 4 is 22.4 Å². The molecule has 0 saturated carbocycles. The van der Waals surface area contributed by atoms with Crippen molar-refractivity contribution in [3.63, 3.8) is 0 Å². The normalized spacial score (nSPS) is 13.3. The highest BCUT2D eigenvalue weighted by molar-refractivity contribution is 6.08. The van der Waals surface area contributed by atoms with Crippen LogP contribution in [0.15, 0.2) is 41.2 Å². The zero-order chi connectivity index (χ0) is 19.8. The van der Waals surface area contributed by atoms with Crippen molar-refractivity contribution in [2.45, 2.75) is 19.8 Å². The molecule has 0 atom stereocenters. The van der Waals surface area contributed by atoms with Crippen LogP contribution in [0.2, 0.25) is 0 Å². The number of ether oxygens (including phenoxy) is 2. The summed E-state index contributed by atoms with van der Waals surface area (Å²) in [6, 6.07) is 11.0. The summed E-state index contributed by atoms with van der Waals surface area (Å²) in [6.45, 7) is 2.43. The molecule has 0 radical (unpaired) electrons. The number of amides is 1. The summed E-state index contributed by atoms with van der Waals surface area (Å²) in [5, 5.41) is 1.37. The largest absolute Gasteiger partial charge is 0.497 e. The van der Waals surface area contributed by atoms with Crippen LogP contribution in [0.1, 0.15) is 28.0 Å². The second-order valence-electron chi connectivity index (χ2n) is 6.89. The molecule has 2 heterocycles. The number of H-pyrrole nitrogens is 1. The Balaban J connectivity index is 1.86. The fourth-order valence-corrected chi connectivity index (χ4v) is 3.91.